The first-order valence-electron chi connectivity index (χ1n) is 11.1. The second-order valence-electron chi connectivity index (χ2n) is 7.78. The highest BCUT2D eigenvalue weighted by molar-refractivity contribution is 6.31. The van der Waals surface area contributed by atoms with E-state index in [1.54, 1.807) is 73.0 Å². The summed E-state index contributed by atoms with van der Waals surface area (Å²) in [6.07, 6.45) is 8.10. The molecule has 0 unspecified atom stereocenters. The molecule has 184 valence electrons. The van der Waals surface area contributed by atoms with Crippen LogP contribution in [0.3, 0.4) is 0 Å². The monoisotopic (exact) mass is 513 g/mol. The number of nitrogens with zero attached hydrogens (tertiary/aromatic N) is 6. The van der Waals surface area contributed by atoms with E-state index in [1.807, 2.05) is 18.2 Å². The number of halogens is 1. The molecular weight excluding hydrogens is 494 g/mol. The summed E-state index contributed by atoms with van der Waals surface area (Å²) in [7, 11) is 1.55. The number of pyridine rings is 2. The van der Waals surface area contributed by atoms with Gasteiger partial charge in [-0.25, -0.2) is 10.1 Å². The van der Waals surface area contributed by atoms with Crippen LogP contribution in [0.1, 0.15) is 21.6 Å². The van der Waals surface area contributed by atoms with E-state index in [1.165, 1.54) is 6.21 Å². The lowest BCUT2D eigenvalue weighted by atomic mass is 10.2. The lowest BCUT2D eigenvalue weighted by Gasteiger charge is -2.10. The summed E-state index contributed by atoms with van der Waals surface area (Å²) in [5, 5.41) is 14.0. The zero-order chi connectivity index (χ0) is 25.6. The van der Waals surface area contributed by atoms with E-state index >= 15 is 0 Å². The predicted molar refractivity (Wildman–Crippen MR) is 138 cm³/mol. The normalized spacial score (nSPS) is 11.1. The average Bonchev–Trinajstić information content (AvgIpc) is 3.41. The summed E-state index contributed by atoms with van der Waals surface area (Å²) in [4.78, 5) is 20.3. The van der Waals surface area contributed by atoms with E-state index in [4.69, 9.17) is 21.1 Å². The second-order valence-corrected chi connectivity index (χ2v) is 8.22. The van der Waals surface area contributed by atoms with Crippen LogP contribution in [0.25, 0.3) is 16.6 Å². The Labute approximate surface area is 216 Å². The molecule has 10 nitrogen and oxygen atoms in total. The molecule has 0 aliphatic rings. The van der Waals surface area contributed by atoms with E-state index in [9.17, 15) is 4.79 Å². The Morgan fingerprint density at radius 2 is 1.95 bits per heavy atom. The van der Waals surface area contributed by atoms with Crippen LogP contribution >= 0.6 is 11.6 Å². The van der Waals surface area contributed by atoms with Crippen molar-refractivity contribution >= 4 is 34.6 Å². The minimum atomic E-state index is -0.331. The van der Waals surface area contributed by atoms with Gasteiger partial charge in [0.2, 0.25) is 0 Å². The molecule has 0 aliphatic heterocycles. The van der Waals surface area contributed by atoms with Crippen LogP contribution in [0.5, 0.6) is 11.5 Å². The van der Waals surface area contributed by atoms with Crippen molar-refractivity contribution in [2.45, 2.75) is 6.61 Å². The Kier molecular flexibility index (Phi) is 7.00. The molecule has 3 heterocycles. The van der Waals surface area contributed by atoms with Crippen LogP contribution in [0.2, 0.25) is 5.02 Å². The van der Waals surface area contributed by atoms with Crippen LogP contribution in [0.4, 0.5) is 0 Å². The maximum Gasteiger partial charge on any atom is 0.271 e. The quantitative estimate of drug-likeness (QED) is 0.244. The van der Waals surface area contributed by atoms with Gasteiger partial charge in [0.25, 0.3) is 5.91 Å². The molecule has 37 heavy (non-hydrogen) atoms. The molecule has 5 aromatic rings. The number of fused-ring (bicyclic) bond motifs is 1. The van der Waals surface area contributed by atoms with E-state index in [2.05, 4.69) is 30.8 Å². The van der Waals surface area contributed by atoms with Gasteiger partial charge in [-0.15, -0.1) is 5.10 Å². The van der Waals surface area contributed by atoms with Gasteiger partial charge in [-0.05, 0) is 60.2 Å². The second kappa shape index (κ2) is 10.8. The van der Waals surface area contributed by atoms with Crippen molar-refractivity contribution < 1.29 is 14.3 Å². The van der Waals surface area contributed by atoms with E-state index in [0.717, 1.165) is 22.2 Å². The molecule has 5 rings (SSSR count). The van der Waals surface area contributed by atoms with Gasteiger partial charge in [0.1, 0.15) is 12.3 Å². The fraction of sp³-hybridized carbons (Fsp3) is 0.0769. The number of nitrogens with one attached hydrogen (secondary N) is 1. The molecule has 11 heteroatoms. The third-order valence-electron chi connectivity index (χ3n) is 5.35. The number of hydrogen-bond donors (Lipinski definition) is 1. The number of ether oxygens (including phenoxy) is 2. The van der Waals surface area contributed by atoms with E-state index in [-0.39, 0.29) is 12.5 Å². The summed E-state index contributed by atoms with van der Waals surface area (Å²) in [6.45, 7) is 0.181. The number of hydrazone groups is 1. The number of amides is 1. The van der Waals surface area contributed by atoms with Crippen molar-refractivity contribution in [1.29, 1.82) is 0 Å². The highest BCUT2D eigenvalue weighted by Crippen LogP contribution is 2.28. The van der Waals surface area contributed by atoms with Crippen molar-refractivity contribution in [3.8, 4) is 17.2 Å². The summed E-state index contributed by atoms with van der Waals surface area (Å²) < 4.78 is 13.1. The lowest BCUT2D eigenvalue weighted by Crippen LogP contribution is -2.17. The Morgan fingerprint density at radius 1 is 1.08 bits per heavy atom. The molecule has 0 saturated carbocycles. The molecule has 0 atom stereocenters. The fourth-order valence-electron chi connectivity index (χ4n) is 3.56. The van der Waals surface area contributed by atoms with Crippen LogP contribution in [-0.4, -0.2) is 44.2 Å². The van der Waals surface area contributed by atoms with Gasteiger partial charge in [-0.1, -0.05) is 16.8 Å². The molecule has 0 radical (unpaired) electrons. The zero-order valence-corrected chi connectivity index (χ0v) is 20.3. The number of benzene rings is 2. The number of aromatic nitrogens is 5. The van der Waals surface area contributed by atoms with Gasteiger partial charge < -0.3 is 9.47 Å². The largest absolute Gasteiger partial charge is 0.493 e. The first-order valence-corrected chi connectivity index (χ1v) is 11.5. The average molecular weight is 514 g/mol. The Hall–Kier alpha value is -4.83. The van der Waals surface area contributed by atoms with Crippen molar-refractivity contribution in [2.24, 2.45) is 5.10 Å². The molecule has 3 aromatic heterocycles. The number of carbonyl (C=O) groups excluding carboxylic acids is 1. The Bertz CT molecular complexity index is 1590. The van der Waals surface area contributed by atoms with Gasteiger partial charge in [-0.3, -0.25) is 14.8 Å². The first-order chi connectivity index (χ1) is 18.1. The van der Waals surface area contributed by atoms with Crippen LogP contribution < -0.4 is 14.9 Å². The van der Waals surface area contributed by atoms with Crippen molar-refractivity contribution in [1.82, 2.24) is 30.4 Å². The van der Waals surface area contributed by atoms with E-state index < -0.39 is 0 Å². The highest BCUT2D eigenvalue weighted by atomic mass is 35.5. The van der Waals surface area contributed by atoms with Gasteiger partial charge in [-0.2, -0.15) is 5.10 Å². The molecule has 1 N–H and O–H groups in total. The van der Waals surface area contributed by atoms with E-state index in [0.29, 0.717) is 27.8 Å². The minimum absolute atomic E-state index is 0.181. The number of rotatable bonds is 8. The maximum absolute atomic E-state index is 12.1. The zero-order valence-electron chi connectivity index (χ0n) is 19.6. The molecule has 2 aromatic carbocycles. The van der Waals surface area contributed by atoms with Crippen molar-refractivity contribution in [3.63, 3.8) is 0 Å². The highest BCUT2D eigenvalue weighted by Gasteiger charge is 2.11. The lowest BCUT2D eigenvalue weighted by molar-refractivity contribution is 0.0955. The molecule has 0 spiro atoms. The Balaban J connectivity index is 1.25. The topological polar surface area (TPSA) is 116 Å². The van der Waals surface area contributed by atoms with Crippen LogP contribution in [-0.2, 0) is 6.61 Å². The number of methoxy groups -OCH3 is 1. The van der Waals surface area contributed by atoms with Gasteiger partial charge in [0.05, 0.1) is 30.7 Å². The summed E-state index contributed by atoms with van der Waals surface area (Å²) in [6, 6.07) is 15.9. The molecular formula is C26H20ClN7O3. The minimum Gasteiger partial charge on any atom is -0.493 e. The van der Waals surface area contributed by atoms with Crippen LogP contribution in [0, 0.1) is 0 Å². The molecule has 1 amide bonds. The van der Waals surface area contributed by atoms with Crippen LogP contribution in [0.15, 0.2) is 84.5 Å². The van der Waals surface area contributed by atoms with Gasteiger partial charge in [0.15, 0.2) is 11.5 Å². The smallest absolute Gasteiger partial charge is 0.271 e. The summed E-state index contributed by atoms with van der Waals surface area (Å²) >= 11 is 6.09. The third kappa shape index (κ3) is 5.54. The SMILES string of the molecule is COc1cc(/C=N/NC(=O)c2ccncc2)ccc1OCc1cn(-c2ccnc3cc(Cl)ccc23)nn1. The van der Waals surface area contributed by atoms with Gasteiger partial charge in [0, 0.05) is 34.6 Å². The third-order valence-corrected chi connectivity index (χ3v) is 5.59. The summed E-state index contributed by atoms with van der Waals surface area (Å²) in [5.41, 5.74) is 5.89. The predicted octanol–water partition coefficient (Wildman–Crippen LogP) is 4.22. The standard InChI is InChI=1S/C26H20ClN7O3/c1-36-25-12-17(14-30-32-26(35)18-6-9-28-10-7-18)2-5-24(25)37-16-20-15-34(33-31-20)23-8-11-29-22-13-19(27)3-4-21(22)23/h2-15H,16H2,1H3,(H,32,35)/b30-14+. The molecule has 0 bridgehead atoms. The number of hydrogen-bond acceptors (Lipinski definition) is 8. The van der Waals surface area contributed by atoms with Crippen molar-refractivity contribution in [2.75, 3.05) is 7.11 Å². The maximum atomic E-state index is 12.1. The van der Waals surface area contributed by atoms with Crippen molar-refractivity contribution in [3.05, 3.63) is 101 Å². The Morgan fingerprint density at radius 3 is 2.78 bits per heavy atom. The first kappa shape index (κ1) is 23.9. The molecule has 0 aliphatic carbocycles. The van der Waals surface area contributed by atoms with Gasteiger partial charge >= 0.3 is 0 Å². The molecule has 0 saturated heterocycles. The number of carbonyl (C=O) groups is 1. The fourth-order valence-corrected chi connectivity index (χ4v) is 3.72. The summed E-state index contributed by atoms with van der Waals surface area (Å²) in [5.74, 6) is 0.704. The molecule has 0 fully saturated rings.